The van der Waals surface area contributed by atoms with Gasteiger partial charge in [-0.25, -0.2) is 0 Å². The van der Waals surface area contributed by atoms with Gasteiger partial charge in [0, 0.05) is 5.97 Å². The fraction of sp³-hybridized carbons (Fsp3) is 0.875. The Morgan fingerprint density at radius 1 is 1.45 bits per heavy atom. The van der Waals surface area contributed by atoms with Crippen LogP contribution in [0.15, 0.2) is 0 Å². The van der Waals surface area contributed by atoms with Crippen LogP contribution in [0.4, 0.5) is 0 Å². The number of hydrogen-bond donors (Lipinski definition) is 0. The summed E-state index contributed by atoms with van der Waals surface area (Å²) in [5.74, 6) is -1.11. The molecule has 1 atom stereocenters. The van der Waals surface area contributed by atoms with E-state index in [-0.39, 0.29) is 28.3 Å². The van der Waals surface area contributed by atoms with Gasteiger partial charge in [0.15, 0.2) is 0 Å². The van der Waals surface area contributed by atoms with Gasteiger partial charge in [-0.2, -0.15) is 0 Å². The molecule has 70 valence electrons. The van der Waals surface area contributed by atoms with Crippen molar-refractivity contribution in [2.45, 2.75) is 39.5 Å². The molecule has 2 nitrogen and oxygen atoms in total. The Hall–Kier alpha value is 0.210. The van der Waals surface area contributed by atoms with Crippen molar-refractivity contribution < 1.29 is 32.3 Å². The van der Waals surface area contributed by atoms with Crippen LogP contribution in [0.1, 0.15) is 39.5 Å². The molecule has 0 saturated carbocycles. The van der Waals surface area contributed by atoms with Crippen molar-refractivity contribution >= 4 is 5.97 Å². The van der Waals surface area contributed by atoms with E-state index in [0.29, 0.717) is 6.42 Å². The Bertz CT molecular complexity index is 104. The van der Waals surface area contributed by atoms with Crippen LogP contribution < -0.4 is 5.11 Å². The third-order valence-electron chi connectivity index (χ3n) is 1.73. The standard InChI is InChI=1S/C8H16O2.Au/c1-3-5-6-7(4-2)8(9)10;/h7H,3-6H2,1-2H3,(H,9,10);/q;+1/p-1. The molecule has 0 N–H and O–H groups in total. The molecule has 0 amide bonds. The second-order valence-electron chi connectivity index (χ2n) is 2.57. The predicted octanol–water partition coefficient (Wildman–Crippen LogP) is 0.950. The maximum atomic E-state index is 10.3. The fourth-order valence-electron chi connectivity index (χ4n) is 0.939. The molecule has 1 unspecified atom stereocenters. The molecule has 0 radical (unpaired) electrons. The molecule has 0 aromatic heterocycles. The molecule has 0 saturated heterocycles. The number of unbranched alkanes of at least 4 members (excludes halogenated alkanes) is 1. The number of aliphatic carboxylic acids is 1. The third kappa shape index (κ3) is 6.60. The van der Waals surface area contributed by atoms with Crippen LogP contribution in [0.25, 0.3) is 0 Å². The van der Waals surface area contributed by atoms with E-state index in [9.17, 15) is 9.90 Å². The predicted molar refractivity (Wildman–Crippen MR) is 38.3 cm³/mol. The maximum Gasteiger partial charge on any atom is 1.00 e. The molecule has 3 heteroatoms. The minimum Gasteiger partial charge on any atom is -0.550 e. The van der Waals surface area contributed by atoms with E-state index >= 15 is 0 Å². The van der Waals surface area contributed by atoms with Gasteiger partial charge in [0.2, 0.25) is 0 Å². The average molecular weight is 340 g/mol. The number of carbonyl (C=O) groups is 1. The summed E-state index contributed by atoms with van der Waals surface area (Å²) in [4.78, 5) is 10.3. The minimum absolute atomic E-state index is 0. The quantitative estimate of drug-likeness (QED) is 0.700. The van der Waals surface area contributed by atoms with Crippen molar-refractivity contribution in [3.8, 4) is 0 Å². The molecule has 0 aromatic carbocycles. The first-order valence-corrected chi connectivity index (χ1v) is 3.93. The van der Waals surface area contributed by atoms with Crippen molar-refractivity contribution in [3.63, 3.8) is 0 Å². The van der Waals surface area contributed by atoms with Crippen LogP contribution in [0.3, 0.4) is 0 Å². The zero-order valence-corrected chi connectivity index (χ0v) is 9.19. The average Bonchev–Trinajstić information content (AvgIpc) is 1.89. The Morgan fingerprint density at radius 3 is 2.27 bits per heavy atom. The molecule has 0 aromatic rings. The number of carboxylic acids is 1. The smallest absolute Gasteiger partial charge is 0.550 e. The van der Waals surface area contributed by atoms with E-state index < -0.39 is 5.97 Å². The molecule has 11 heavy (non-hydrogen) atoms. The van der Waals surface area contributed by atoms with Crippen molar-refractivity contribution in [2.24, 2.45) is 5.92 Å². The monoisotopic (exact) mass is 340 g/mol. The summed E-state index contributed by atoms with van der Waals surface area (Å²) in [6, 6.07) is 0. The van der Waals surface area contributed by atoms with Gasteiger partial charge in [-0.1, -0.05) is 26.7 Å². The maximum absolute atomic E-state index is 10.3. The summed E-state index contributed by atoms with van der Waals surface area (Å²) in [6.07, 6.45) is 3.52. The minimum atomic E-state index is -0.893. The largest absolute Gasteiger partial charge is 1.00 e. The first-order valence-electron chi connectivity index (χ1n) is 3.93. The summed E-state index contributed by atoms with van der Waals surface area (Å²) < 4.78 is 0. The Kier molecular flexibility index (Phi) is 10.4. The van der Waals surface area contributed by atoms with Crippen molar-refractivity contribution in [1.29, 1.82) is 0 Å². The SMILES string of the molecule is CCCCC(CC)C(=O)[O-].[Au+]. The number of carboxylic acid groups (broad SMARTS) is 1. The van der Waals surface area contributed by atoms with Gasteiger partial charge in [-0.05, 0) is 18.8 Å². The van der Waals surface area contributed by atoms with Crippen molar-refractivity contribution in [3.05, 3.63) is 0 Å². The summed E-state index contributed by atoms with van der Waals surface area (Å²) in [5, 5.41) is 10.3. The second-order valence-corrected chi connectivity index (χ2v) is 2.57. The number of rotatable bonds is 5. The van der Waals surface area contributed by atoms with Crippen LogP contribution in [-0.2, 0) is 27.2 Å². The topological polar surface area (TPSA) is 40.1 Å². The van der Waals surface area contributed by atoms with Crippen molar-refractivity contribution in [1.82, 2.24) is 0 Å². The summed E-state index contributed by atoms with van der Waals surface area (Å²) in [5.41, 5.74) is 0. The van der Waals surface area contributed by atoms with Crippen LogP contribution >= 0.6 is 0 Å². The van der Waals surface area contributed by atoms with E-state index in [0.717, 1.165) is 19.3 Å². The van der Waals surface area contributed by atoms with Crippen LogP contribution in [0, 0.1) is 5.92 Å². The normalized spacial score (nSPS) is 11.8. The second kappa shape index (κ2) is 8.31. The van der Waals surface area contributed by atoms with Crippen LogP contribution in [0.5, 0.6) is 0 Å². The Balaban J connectivity index is 0. The van der Waals surface area contributed by atoms with Gasteiger partial charge in [0.1, 0.15) is 0 Å². The van der Waals surface area contributed by atoms with Gasteiger partial charge in [0.05, 0.1) is 0 Å². The Labute approximate surface area is 83.9 Å². The van der Waals surface area contributed by atoms with Gasteiger partial charge < -0.3 is 9.90 Å². The van der Waals surface area contributed by atoms with E-state index in [2.05, 4.69) is 6.92 Å². The molecule has 0 fully saturated rings. The summed E-state index contributed by atoms with van der Waals surface area (Å²) in [6.45, 7) is 3.94. The van der Waals surface area contributed by atoms with E-state index in [4.69, 9.17) is 0 Å². The van der Waals surface area contributed by atoms with Gasteiger partial charge in [-0.15, -0.1) is 0 Å². The first-order chi connectivity index (χ1) is 4.72. The zero-order valence-electron chi connectivity index (χ0n) is 7.02. The molecule has 0 rings (SSSR count). The molecule has 0 aliphatic heterocycles. The van der Waals surface area contributed by atoms with Gasteiger partial charge in [-0.3, -0.25) is 0 Å². The molecule has 0 heterocycles. The zero-order chi connectivity index (χ0) is 7.98. The molecule has 0 spiro atoms. The molecular weight excluding hydrogens is 325 g/mol. The van der Waals surface area contributed by atoms with Crippen molar-refractivity contribution in [2.75, 3.05) is 0 Å². The molecule has 0 bridgehead atoms. The molecule has 0 aliphatic carbocycles. The summed E-state index contributed by atoms with van der Waals surface area (Å²) in [7, 11) is 0. The third-order valence-corrected chi connectivity index (χ3v) is 1.73. The fourth-order valence-corrected chi connectivity index (χ4v) is 0.939. The van der Waals surface area contributed by atoms with E-state index in [1.807, 2.05) is 6.92 Å². The summed E-state index contributed by atoms with van der Waals surface area (Å²) >= 11 is 0. The van der Waals surface area contributed by atoms with Crippen LogP contribution in [-0.4, -0.2) is 5.97 Å². The van der Waals surface area contributed by atoms with E-state index in [1.165, 1.54) is 0 Å². The van der Waals surface area contributed by atoms with Gasteiger partial charge in [0.25, 0.3) is 0 Å². The molecular formula is C8H15AuO2. The molecule has 0 aliphatic rings. The number of carbonyl (C=O) groups excluding carboxylic acids is 1. The van der Waals surface area contributed by atoms with Gasteiger partial charge >= 0.3 is 22.4 Å². The van der Waals surface area contributed by atoms with Crippen LogP contribution in [0.2, 0.25) is 0 Å². The first kappa shape index (κ1) is 13.8. The Morgan fingerprint density at radius 2 is 2.00 bits per heavy atom. The van der Waals surface area contributed by atoms with E-state index in [1.54, 1.807) is 0 Å². The number of hydrogen-bond acceptors (Lipinski definition) is 2.